The van der Waals surface area contributed by atoms with Crippen molar-refractivity contribution < 1.29 is 28.2 Å². The number of carbonyl (C=O) groups excluding carboxylic acids is 1. The predicted molar refractivity (Wildman–Crippen MR) is 89.2 cm³/mol. The summed E-state index contributed by atoms with van der Waals surface area (Å²) >= 11 is 0. The maximum Gasteiger partial charge on any atom is 0.345 e. The molecule has 7 nitrogen and oxygen atoms in total. The average Bonchev–Trinajstić information content (AvgIpc) is 2.56. The molecule has 0 bridgehead atoms. The summed E-state index contributed by atoms with van der Waals surface area (Å²) in [4.78, 5) is 16.1. The molecule has 0 saturated heterocycles. The van der Waals surface area contributed by atoms with Gasteiger partial charge in [0.25, 0.3) is 5.91 Å². The van der Waals surface area contributed by atoms with Crippen LogP contribution in [0.3, 0.4) is 0 Å². The quantitative estimate of drug-likeness (QED) is 0.488. The third-order valence-electron chi connectivity index (χ3n) is 2.84. The minimum Gasteiger partial charge on any atom is -0.508 e. The summed E-state index contributed by atoms with van der Waals surface area (Å²) in [7, 11) is 3.21. The third-order valence-corrected chi connectivity index (χ3v) is 2.84. The minimum absolute atomic E-state index is 0.121. The van der Waals surface area contributed by atoms with Crippen LogP contribution in [0.2, 0.25) is 0 Å². The van der Waals surface area contributed by atoms with Crippen LogP contribution in [-0.2, 0) is 4.74 Å². The van der Waals surface area contributed by atoms with Crippen molar-refractivity contribution in [3.63, 3.8) is 0 Å². The van der Waals surface area contributed by atoms with Crippen LogP contribution in [0.15, 0.2) is 35.5 Å². The highest BCUT2D eigenvalue weighted by molar-refractivity contribution is 6.10. The van der Waals surface area contributed by atoms with Gasteiger partial charge in [-0.25, -0.2) is 0 Å². The van der Waals surface area contributed by atoms with Crippen LogP contribution < -0.4 is 15.4 Å². The third kappa shape index (κ3) is 7.62. The zero-order valence-corrected chi connectivity index (χ0v) is 14.1. The number of phenolic OH excluding ortho intramolecular Hbond substituents is 1. The van der Waals surface area contributed by atoms with Crippen LogP contribution in [0.25, 0.3) is 0 Å². The number of benzene rings is 1. The van der Waals surface area contributed by atoms with Crippen molar-refractivity contribution in [2.24, 2.45) is 4.99 Å². The second-order valence-corrected chi connectivity index (χ2v) is 4.92. The molecule has 138 valence electrons. The normalized spacial score (nSPS) is 13.1. The first-order valence-corrected chi connectivity index (χ1v) is 7.38. The van der Waals surface area contributed by atoms with Gasteiger partial charge in [-0.05, 0) is 31.3 Å². The Bertz CT molecular complexity index is 636. The van der Waals surface area contributed by atoms with E-state index in [9.17, 15) is 18.7 Å². The Labute approximate surface area is 144 Å². The molecule has 0 aliphatic carbocycles. The number of nitrogens with one attached hydrogen (secondary N) is 2. The van der Waals surface area contributed by atoms with E-state index in [-0.39, 0.29) is 23.7 Å². The fourth-order valence-electron chi connectivity index (χ4n) is 1.78. The molecule has 0 fully saturated rings. The van der Waals surface area contributed by atoms with Gasteiger partial charge >= 0.3 is 6.61 Å². The zero-order chi connectivity index (χ0) is 18.8. The number of aromatic hydroxyl groups is 1. The molecular formula is C16H21F2N3O4. The molecule has 1 amide bonds. The largest absolute Gasteiger partial charge is 0.508 e. The molecule has 0 unspecified atom stereocenters. The zero-order valence-electron chi connectivity index (χ0n) is 14.1. The number of amidine groups is 1. The molecular weight excluding hydrogens is 336 g/mol. The number of aliphatic imine (C=N–C) groups is 1. The molecule has 3 N–H and O–H groups in total. The maximum atomic E-state index is 12.2. The van der Waals surface area contributed by atoms with Gasteiger partial charge in [-0.3, -0.25) is 9.79 Å². The van der Waals surface area contributed by atoms with Crippen molar-refractivity contribution in [2.45, 2.75) is 19.6 Å². The number of amides is 1. The first kappa shape index (κ1) is 20.4. The van der Waals surface area contributed by atoms with Gasteiger partial charge < -0.3 is 25.2 Å². The molecule has 0 spiro atoms. The highest BCUT2D eigenvalue weighted by Crippen LogP contribution is 2.23. The van der Waals surface area contributed by atoms with Crippen LogP contribution in [-0.4, -0.2) is 50.3 Å². The fourth-order valence-corrected chi connectivity index (χ4v) is 1.78. The molecule has 9 heteroatoms. The minimum atomic E-state index is -2.89. The molecule has 25 heavy (non-hydrogen) atoms. The van der Waals surface area contributed by atoms with Crippen LogP contribution in [0.5, 0.6) is 11.5 Å². The van der Waals surface area contributed by atoms with Crippen molar-refractivity contribution in [1.82, 2.24) is 10.6 Å². The van der Waals surface area contributed by atoms with E-state index in [1.54, 1.807) is 19.3 Å². The van der Waals surface area contributed by atoms with Gasteiger partial charge in [0.1, 0.15) is 23.4 Å². The van der Waals surface area contributed by atoms with Gasteiger partial charge in [0, 0.05) is 25.7 Å². The average molecular weight is 357 g/mol. The molecule has 1 aromatic rings. The van der Waals surface area contributed by atoms with Gasteiger partial charge in [0.15, 0.2) is 0 Å². The van der Waals surface area contributed by atoms with Crippen LogP contribution in [0.1, 0.15) is 17.3 Å². The number of hydrogen-bond acceptors (Lipinski definition) is 6. The van der Waals surface area contributed by atoms with Crippen LogP contribution in [0.4, 0.5) is 8.78 Å². The molecule has 1 rings (SSSR count). The number of rotatable bonds is 8. The van der Waals surface area contributed by atoms with E-state index < -0.39 is 18.6 Å². The first-order valence-electron chi connectivity index (χ1n) is 7.38. The van der Waals surface area contributed by atoms with Crippen molar-refractivity contribution in [2.75, 3.05) is 20.7 Å². The second kappa shape index (κ2) is 10.2. The van der Waals surface area contributed by atoms with Crippen LogP contribution in [0, 0.1) is 0 Å². The highest BCUT2D eigenvalue weighted by Gasteiger charge is 2.13. The summed E-state index contributed by atoms with van der Waals surface area (Å²) < 4.78 is 33.6. The van der Waals surface area contributed by atoms with E-state index >= 15 is 0 Å². The lowest BCUT2D eigenvalue weighted by Crippen LogP contribution is -2.29. The fraction of sp³-hybridized carbons (Fsp3) is 0.375. The number of alkyl halides is 2. The first-order chi connectivity index (χ1) is 11.8. The maximum absolute atomic E-state index is 12.2. The molecule has 0 heterocycles. The molecule has 0 aliphatic heterocycles. The number of carbonyl (C=O) groups is 1. The SMILES string of the molecule is C/N=C(\C=C/NC)NC(=O)c1cc(O)cc(O[C@@H](C)COC(F)F)c1. The summed E-state index contributed by atoms with van der Waals surface area (Å²) in [5, 5.41) is 15.1. The van der Waals surface area contributed by atoms with Gasteiger partial charge in [-0.1, -0.05) is 0 Å². The summed E-state index contributed by atoms with van der Waals surface area (Å²) in [5.74, 6) is -0.260. The molecule has 0 aromatic heterocycles. The van der Waals surface area contributed by atoms with E-state index in [0.29, 0.717) is 5.84 Å². The lowest BCUT2D eigenvalue weighted by Gasteiger charge is -2.15. The number of hydrogen-bond donors (Lipinski definition) is 3. The molecule has 0 aliphatic rings. The van der Waals surface area contributed by atoms with E-state index in [1.165, 1.54) is 32.2 Å². The van der Waals surface area contributed by atoms with E-state index in [4.69, 9.17) is 4.74 Å². The van der Waals surface area contributed by atoms with Crippen LogP contribution >= 0.6 is 0 Å². The Balaban J connectivity index is 2.82. The summed E-state index contributed by atoms with van der Waals surface area (Å²) in [6.45, 7) is -1.71. The Kier molecular flexibility index (Phi) is 8.34. The number of nitrogens with zero attached hydrogens (tertiary/aromatic N) is 1. The Morgan fingerprint density at radius 2 is 2.12 bits per heavy atom. The van der Waals surface area contributed by atoms with Gasteiger partial charge in [0.05, 0.1) is 6.61 Å². The van der Waals surface area contributed by atoms with E-state index in [1.807, 2.05) is 0 Å². The van der Waals surface area contributed by atoms with Gasteiger partial charge in [0.2, 0.25) is 0 Å². The molecule has 0 radical (unpaired) electrons. The highest BCUT2D eigenvalue weighted by atomic mass is 19.3. The summed E-state index contributed by atoms with van der Waals surface area (Å²) in [6.07, 6.45) is 2.45. The van der Waals surface area contributed by atoms with Gasteiger partial charge in [-0.15, -0.1) is 0 Å². The molecule has 0 saturated carbocycles. The summed E-state index contributed by atoms with van der Waals surface area (Å²) in [6, 6.07) is 3.89. The number of ether oxygens (including phenoxy) is 2. The Hall–Kier alpha value is -2.68. The summed E-state index contributed by atoms with van der Waals surface area (Å²) in [5.41, 5.74) is 0.121. The van der Waals surface area contributed by atoms with Gasteiger partial charge in [-0.2, -0.15) is 8.78 Å². The number of phenols is 1. The predicted octanol–water partition coefficient (Wildman–Crippen LogP) is 1.89. The smallest absolute Gasteiger partial charge is 0.345 e. The lowest BCUT2D eigenvalue weighted by molar-refractivity contribution is -0.142. The number of halogens is 2. The molecule has 1 aromatic carbocycles. The second-order valence-electron chi connectivity index (χ2n) is 4.92. The monoisotopic (exact) mass is 357 g/mol. The standard InChI is InChI=1S/C16H21F2N3O4/c1-10(9-24-16(17)18)25-13-7-11(6-12(22)8-13)15(23)21-14(20-3)4-5-19-2/h4-8,10,16,19,22H,9H2,1-3H3,(H,20,21,23)/b5-4-/t10-/m0/s1. The Morgan fingerprint density at radius 1 is 1.40 bits per heavy atom. The lowest BCUT2D eigenvalue weighted by atomic mass is 10.2. The van der Waals surface area contributed by atoms with E-state index in [0.717, 1.165) is 0 Å². The topological polar surface area (TPSA) is 92.2 Å². The van der Waals surface area contributed by atoms with Crippen molar-refractivity contribution in [1.29, 1.82) is 0 Å². The van der Waals surface area contributed by atoms with E-state index in [2.05, 4.69) is 20.4 Å². The van der Waals surface area contributed by atoms with Crippen molar-refractivity contribution in [3.05, 3.63) is 36.0 Å². The Morgan fingerprint density at radius 3 is 2.72 bits per heavy atom. The van der Waals surface area contributed by atoms with Crippen molar-refractivity contribution >= 4 is 11.7 Å². The molecule has 1 atom stereocenters. The van der Waals surface area contributed by atoms with Crippen molar-refractivity contribution in [3.8, 4) is 11.5 Å².